The number of rotatable bonds is 5. The van der Waals surface area contributed by atoms with E-state index < -0.39 is 16.3 Å². The third-order valence-corrected chi connectivity index (χ3v) is 4.84. The van der Waals surface area contributed by atoms with Gasteiger partial charge in [-0.15, -0.1) is 0 Å². The van der Waals surface area contributed by atoms with Gasteiger partial charge in [0.2, 0.25) is 0 Å². The van der Waals surface area contributed by atoms with Crippen LogP contribution in [0.3, 0.4) is 0 Å². The Morgan fingerprint density at radius 2 is 2.00 bits per heavy atom. The van der Waals surface area contributed by atoms with E-state index in [1.807, 2.05) is 0 Å². The highest BCUT2D eigenvalue weighted by Gasteiger charge is 2.31. The molecule has 0 amide bonds. The van der Waals surface area contributed by atoms with Crippen LogP contribution in [0.2, 0.25) is 0 Å². The van der Waals surface area contributed by atoms with Gasteiger partial charge in [0.1, 0.15) is 5.82 Å². The van der Waals surface area contributed by atoms with E-state index in [1.165, 1.54) is 26.2 Å². The van der Waals surface area contributed by atoms with Crippen LogP contribution < -0.4 is 4.72 Å². The number of nitrogens with zero attached hydrogens (tertiary/aromatic N) is 1. The van der Waals surface area contributed by atoms with Crippen LogP contribution in [-0.4, -0.2) is 39.5 Å². The summed E-state index contributed by atoms with van der Waals surface area (Å²) >= 11 is 0. The lowest BCUT2D eigenvalue weighted by atomic mass is 10.0. The lowest BCUT2D eigenvalue weighted by Gasteiger charge is -2.26. The van der Waals surface area contributed by atoms with Crippen molar-refractivity contribution < 1.29 is 17.5 Å². The smallest absolute Gasteiger partial charge is 0.279 e. The summed E-state index contributed by atoms with van der Waals surface area (Å²) < 4.78 is 46.4. The van der Waals surface area contributed by atoms with Crippen LogP contribution in [-0.2, 0) is 14.9 Å². The number of halogens is 1. The van der Waals surface area contributed by atoms with Crippen LogP contribution in [0, 0.1) is 5.82 Å². The third-order valence-electron chi connectivity index (χ3n) is 3.32. The highest BCUT2D eigenvalue weighted by Crippen LogP contribution is 2.28. The number of benzene rings is 1. The molecule has 1 aliphatic heterocycles. The normalized spacial score (nSPS) is 21.3. The number of ether oxygens (including phenoxy) is 1. The lowest BCUT2D eigenvalue weighted by molar-refractivity contribution is 0.0847. The van der Waals surface area contributed by atoms with E-state index in [-0.39, 0.29) is 11.9 Å². The molecule has 112 valence electrons. The van der Waals surface area contributed by atoms with E-state index in [1.54, 1.807) is 12.1 Å². The Balaban J connectivity index is 2.27. The first-order valence-corrected chi connectivity index (χ1v) is 7.91. The second-order valence-corrected chi connectivity index (χ2v) is 6.90. The predicted molar refractivity (Wildman–Crippen MR) is 73.9 cm³/mol. The molecular formula is C13H19FN2O3S. The van der Waals surface area contributed by atoms with Crippen molar-refractivity contribution in [1.29, 1.82) is 0 Å². The number of hydrogen-bond donors (Lipinski definition) is 1. The molecule has 1 aromatic carbocycles. The molecule has 20 heavy (non-hydrogen) atoms. The molecule has 5 nitrogen and oxygen atoms in total. The van der Waals surface area contributed by atoms with Crippen LogP contribution in [0.25, 0.3) is 0 Å². The maximum absolute atomic E-state index is 13.0. The molecule has 0 radical (unpaired) electrons. The zero-order valence-corrected chi connectivity index (χ0v) is 12.4. The molecule has 0 aromatic heterocycles. The Morgan fingerprint density at radius 1 is 1.35 bits per heavy atom. The molecule has 2 rings (SSSR count). The molecule has 0 unspecified atom stereocenters. The van der Waals surface area contributed by atoms with Gasteiger partial charge in [0.25, 0.3) is 10.2 Å². The summed E-state index contributed by atoms with van der Waals surface area (Å²) in [7, 11) is -0.668. The molecule has 1 aromatic rings. The maximum Gasteiger partial charge on any atom is 0.279 e. The van der Waals surface area contributed by atoms with E-state index >= 15 is 0 Å². The lowest BCUT2D eigenvalue weighted by Crippen LogP contribution is -2.42. The predicted octanol–water partition coefficient (Wildman–Crippen LogP) is 1.44. The zero-order chi connectivity index (χ0) is 14.8. The molecule has 7 heteroatoms. The fraction of sp³-hybridized carbons (Fsp3) is 0.538. The van der Waals surface area contributed by atoms with Gasteiger partial charge in [0, 0.05) is 20.7 Å². The van der Waals surface area contributed by atoms with Crippen molar-refractivity contribution in [2.75, 3.05) is 20.7 Å². The average Bonchev–Trinajstić information content (AvgIpc) is 2.90. The Labute approximate surface area is 118 Å². The first-order valence-electron chi connectivity index (χ1n) is 6.47. The van der Waals surface area contributed by atoms with E-state index in [0.717, 1.165) is 17.1 Å². The molecule has 1 heterocycles. The first-order chi connectivity index (χ1) is 9.40. The summed E-state index contributed by atoms with van der Waals surface area (Å²) in [6, 6.07) is 5.30. The minimum atomic E-state index is -3.58. The Morgan fingerprint density at radius 3 is 2.50 bits per heavy atom. The molecule has 0 aliphatic carbocycles. The average molecular weight is 302 g/mol. The van der Waals surface area contributed by atoms with Crippen molar-refractivity contribution in [2.45, 2.75) is 25.0 Å². The standard InChI is InChI=1S/C13H19FN2O3S/c1-16(2)20(17,18)15-13(12-4-3-9-19-12)10-5-7-11(14)8-6-10/h5-8,12-13,15H,3-4,9H2,1-2H3/t12-,13-/m0/s1. The largest absolute Gasteiger partial charge is 0.376 e. The van der Waals surface area contributed by atoms with Gasteiger partial charge >= 0.3 is 0 Å². The second-order valence-electron chi connectivity index (χ2n) is 4.99. The summed E-state index contributed by atoms with van der Waals surface area (Å²) in [4.78, 5) is 0. The van der Waals surface area contributed by atoms with Gasteiger partial charge in [-0.3, -0.25) is 0 Å². The molecule has 1 saturated heterocycles. The molecular weight excluding hydrogens is 283 g/mol. The second kappa shape index (κ2) is 6.17. The highest BCUT2D eigenvalue weighted by atomic mass is 32.2. The summed E-state index contributed by atoms with van der Waals surface area (Å²) in [5.41, 5.74) is 0.698. The minimum Gasteiger partial charge on any atom is -0.376 e. The Kier molecular flexibility index (Phi) is 4.74. The van der Waals surface area contributed by atoms with Crippen molar-refractivity contribution in [3.8, 4) is 0 Å². The van der Waals surface area contributed by atoms with Crippen LogP contribution in [0.1, 0.15) is 24.4 Å². The summed E-state index contributed by atoms with van der Waals surface area (Å²) in [5, 5.41) is 0. The minimum absolute atomic E-state index is 0.227. The summed E-state index contributed by atoms with van der Waals surface area (Å²) in [6.07, 6.45) is 1.44. The molecule has 1 fully saturated rings. The van der Waals surface area contributed by atoms with Gasteiger partial charge in [0.05, 0.1) is 12.1 Å². The number of nitrogens with one attached hydrogen (secondary N) is 1. The van der Waals surface area contributed by atoms with Gasteiger partial charge in [-0.05, 0) is 30.5 Å². The molecule has 2 atom stereocenters. The molecule has 0 saturated carbocycles. The monoisotopic (exact) mass is 302 g/mol. The SMILES string of the molecule is CN(C)S(=O)(=O)N[C@@H](c1ccc(F)cc1)[C@@H]1CCCO1. The highest BCUT2D eigenvalue weighted by molar-refractivity contribution is 7.87. The first kappa shape index (κ1) is 15.4. The zero-order valence-electron chi connectivity index (χ0n) is 11.5. The Bertz CT molecular complexity index is 539. The van der Waals surface area contributed by atoms with Crippen molar-refractivity contribution in [3.05, 3.63) is 35.6 Å². The fourth-order valence-corrected chi connectivity index (χ4v) is 2.98. The van der Waals surface area contributed by atoms with E-state index in [4.69, 9.17) is 4.74 Å². The van der Waals surface area contributed by atoms with Crippen molar-refractivity contribution in [1.82, 2.24) is 9.03 Å². The molecule has 0 bridgehead atoms. The summed E-state index contributed by atoms with van der Waals surface area (Å²) in [6.45, 7) is 0.617. The van der Waals surface area contributed by atoms with E-state index in [9.17, 15) is 12.8 Å². The number of hydrogen-bond acceptors (Lipinski definition) is 3. The molecule has 0 spiro atoms. The van der Waals surface area contributed by atoms with E-state index in [0.29, 0.717) is 12.2 Å². The third kappa shape index (κ3) is 3.54. The maximum atomic E-state index is 13.0. The fourth-order valence-electron chi connectivity index (χ4n) is 2.16. The van der Waals surface area contributed by atoms with Crippen LogP contribution in [0.5, 0.6) is 0 Å². The van der Waals surface area contributed by atoms with Gasteiger partial charge in [0.15, 0.2) is 0 Å². The Hall–Kier alpha value is -1.02. The van der Waals surface area contributed by atoms with Gasteiger partial charge in [-0.25, -0.2) is 4.39 Å². The van der Waals surface area contributed by atoms with Gasteiger partial charge < -0.3 is 4.74 Å². The van der Waals surface area contributed by atoms with Crippen molar-refractivity contribution in [3.63, 3.8) is 0 Å². The molecule has 1 aliphatic rings. The molecule has 1 N–H and O–H groups in total. The van der Waals surface area contributed by atoms with Crippen LogP contribution in [0.15, 0.2) is 24.3 Å². The summed E-state index contributed by atoms with van der Waals surface area (Å²) in [5.74, 6) is -0.352. The quantitative estimate of drug-likeness (QED) is 0.895. The van der Waals surface area contributed by atoms with E-state index in [2.05, 4.69) is 4.72 Å². The van der Waals surface area contributed by atoms with Crippen molar-refractivity contribution in [2.24, 2.45) is 0 Å². The topological polar surface area (TPSA) is 58.6 Å². The van der Waals surface area contributed by atoms with Crippen LogP contribution in [0.4, 0.5) is 4.39 Å². The van der Waals surface area contributed by atoms with Crippen molar-refractivity contribution >= 4 is 10.2 Å². The van der Waals surface area contributed by atoms with Crippen LogP contribution >= 0.6 is 0 Å². The van der Waals surface area contributed by atoms with Gasteiger partial charge in [-0.1, -0.05) is 12.1 Å². The van der Waals surface area contributed by atoms with Gasteiger partial charge in [-0.2, -0.15) is 17.4 Å².